The molecule has 0 atom stereocenters. The molecule has 2 rings (SSSR count). The van der Waals surface area contributed by atoms with Gasteiger partial charge in [0.1, 0.15) is 4.90 Å². The summed E-state index contributed by atoms with van der Waals surface area (Å²) in [5, 5.41) is 0. The predicted molar refractivity (Wildman–Crippen MR) is 93.9 cm³/mol. The number of para-hydroxylation sites is 1. The second kappa shape index (κ2) is 7.33. The molecule has 0 saturated heterocycles. The van der Waals surface area contributed by atoms with Crippen LogP contribution in [0.2, 0.25) is 0 Å². The summed E-state index contributed by atoms with van der Waals surface area (Å²) in [4.78, 5) is -0.0315. The quantitative estimate of drug-likeness (QED) is 0.785. The highest BCUT2D eigenvalue weighted by Gasteiger charge is 2.21. The Labute approximate surface area is 143 Å². The highest BCUT2D eigenvalue weighted by Crippen LogP contribution is 2.24. The van der Waals surface area contributed by atoms with Gasteiger partial charge >= 0.3 is 0 Å². The summed E-state index contributed by atoms with van der Waals surface area (Å²) in [7, 11) is -7.67. The molecule has 0 spiro atoms. The van der Waals surface area contributed by atoms with Gasteiger partial charge in [-0.05, 0) is 37.6 Å². The Morgan fingerprint density at radius 3 is 2.12 bits per heavy atom. The van der Waals surface area contributed by atoms with Crippen molar-refractivity contribution in [3.8, 4) is 0 Å². The molecule has 0 amide bonds. The minimum Gasteiger partial charge on any atom is -0.278 e. The summed E-state index contributed by atoms with van der Waals surface area (Å²) in [5.41, 5.74) is 0.947. The fourth-order valence-electron chi connectivity index (χ4n) is 2.02. The minimum atomic E-state index is -3.88. The monoisotopic (exact) mass is 368 g/mol. The summed E-state index contributed by atoms with van der Waals surface area (Å²) in [6.45, 7) is 3.97. The van der Waals surface area contributed by atoms with Crippen molar-refractivity contribution in [2.75, 3.05) is 11.3 Å². The van der Waals surface area contributed by atoms with Gasteiger partial charge in [0.15, 0.2) is 0 Å². The van der Waals surface area contributed by atoms with Crippen LogP contribution in [-0.4, -0.2) is 23.4 Å². The molecule has 8 heteroatoms. The average Bonchev–Trinajstić information content (AvgIpc) is 2.53. The first-order chi connectivity index (χ1) is 11.3. The first-order valence-electron chi connectivity index (χ1n) is 7.44. The summed E-state index contributed by atoms with van der Waals surface area (Å²) >= 11 is 0. The van der Waals surface area contributed by atoms with E-state index < -0.39 is 20.0 Å². The van der Waals surface area contributed by atoms with E-state index in [-0.39, 0.29) is 22.0 Å². The Kier molecular flexibility index (Phi) is 5.63. The Balaban J connectivity index is 2.38. The fraction of sp³-hybridized carbons (Fsp3) is 0.250. The highest BCUT2D eigenvalue weighted by atomic mass is 32.2. The summed E-state index contributed by atoms with van der Waals surface area (Å²) in [6, 6.07) is 12.2. The Morgan fingerprint density at radius 1 is 0.875 bits per heavy atom. The Hall–Kier alpha value is -1.90. The molecule has 0 heterocycles. The fourth-order valence-corrected chi connectivity index (χ4v) is 4.46. The van der Waals surface area contributed by atoms with E-state index in [1.165, 1.54) is 24.3 Å². The molecule has 130 valence electrons. The van der Waals surface area contributed by atoms with Crippen molar-refractivity contribution < 1.29 is 16.8 Å². The number of benzene rings is 2. The summed E-state index contributed by atoms with van der Waals surface area (Å²) in [5.74, 6) is 0. The van der Waals surface area contributed by atoms with Crippen LogP contribution in [0.3, 0.4) is 0 Å². The predicted octanol–water partition coefficient (Wildman–Crippen LogP) is 2.48. The van der Waals surface area contributed by atoms with Crippen LogP contribution in [0.4, 0.5) is 5.69 Å². The van der Waals surface area contributed by atoms with Gasteiger partial charge in [0.25, 0.3) is 10.0 Å². The number of hydrogen-bond donors (Lipinski definition) is 2. The van der Waals surface area contributed by atoms with E-state index in [2.05, 4.69) is 9.44 Å². The van der Waals surface area contributed by atoms with Gasteiger partial charge in [-0.25, -0.2) is 21.6 Å². The number of anilines is 1. The third kappa shape index (κ3) is 4.34. The van der Waals surface area contributed by atoms with Crippen molar-refractivity contribution in [3.05, 3.63) is 54.1 Å². The van der Waals surface area contributed by atoms with Gasteiger partial charge in [0.2, 0.25) is 10.0 Å². The zero-order valence-electron chi connectivity index (χ0n) is 13.5. The van der Waals surface area contributed by atoms with Crippen molar-refractivity contribution in [1.82, 2.24) is 4.72 Å². The molecule has 2 N–H and O–H groups in total. The van der Waals surface area contributed by atoms with Crippen molar-refractivity contribution in [2.45, 2.75) is 30.1 Å². The van der Waals surface area contributed by atoms with Crippen LogP contribution in [0.1, 0.15) is 18.9 Å². The molecule has 2 aromatic rings. The number of rotatable bonds is 7. The molecule has 24 heavy (non-hydrogen) atoms. The number of hydrogen-bond acceptors (Lipinski definition) is 4. The topological polar surface area (TPSA) is 92.3 Å². The van der Waals surface area contributed by atoms with E-state index in [9.17, 15) is 16.8 Å². The van der Waals surface area contributed by atoms with Gasteiger partial charge in [-0.3, -0.25) is 4.72 Å². The molecule has 0 aliphatic carbocycles. The molecule has 0 unspecified atom stereocenters. The maximum atomic E-state index is 12.5. The van der Waals surface area contributed by atoms with E-state index >= 15 is 0 Å². The van der Waals surface area contributed by atoms with E-state index in [0.29, 0.717) is 6.42 Å². The molecular formula is C16H20N2O4S2. The van der Waals surface area contributed by atoms with Gasteiger partial charge in [-0.15, -0.1) is 0 Å². The zero-order chi connectivity index (χ0) is 17.8. The van der Waals surface area contributed by atoms with Crippen LogP contribution in [-0.2, 0) is 20.0 Å². The maximum Gasteiger partial charge on any atom is 0.261 e. The van der Waals surface area contributed by atoms with Crippen LogP contribution in [0, 0.1) is 6.92 Å². The Bertz CT molecular complexity index is 905. The molecule has 0 saturated carbocycles. The molecule has 0 aromatic heterocycles. The van der Waals surface area contributed by atoms with Crippen LogP contribution >= 0.6 is 0 Å². The van der Waals surface area contributed by atoms with Gasteiger partial charge in [-0.1, -0.05) is 36.8 Å². The molecular weight excluding hydrogens is 348 g/mol. The van der Waals surface area contributed by atoms with Gasteiger partial charge < -0.3 is 0 Å². The largest absolute Gasteiger partial charge is 0.278 e. The maximum absolute atomic E-state index is 12.5. The third-order valence-corrected chi connectivity index (χ3v) is 6.19. The van der Waals surface area contributed by atoms with Crippen molar-refractivity contribution in [3.63, 3.8) is 0 Å². The standard InChI is InChI=1S/C16H20N2O4S2/c1-3-12-17-24(21,22)16-7-5-4-6-15(16)18-23(19,20)14-10-8-13(2)9-11-14/h4-11,17-18H,3,12H2,1-2H3. The first kappa shape index (κ1) is 18.4. The normalized spacial score (nSPS) is 12.1. The number of sulfonamides is 2. The molecule has 0 aliphatic rings. The molecule has 0 fully saturated rings. The minimum absolute atomic E-state index is 0.0154. The van der Waals surface area contributed by atoms with Crippen molar-refractivity contribution >= 4 is 25.7 Å². The molecule has 0 radical (unpaired) electrons. The van der Waals surface area contributed by atoms with Crippen LogP contribution in [0.25, 0.3) is 0 Å². The molecule has 0 bridgehead atoms. The van der Waals surface area contributed by atoms with E-state index in [1.54, 1.807) is 24.3 Å². The lowest BCUT2D eigenvalue weighted by molar-refractivity contribution is 0.581. The summed E-state index contributed by atoms with van der Waals surface area (Å²) in [6.07, 6.45) is 0.635. The summed E-state index contributed by atoms with van der Waals surface area (Å²) < 4.78 is 54.4. The number of nitrogens with one attached hydrogen (secondary N) is 2. The number of aryl methyl sites for hydroxylation is 1. The average molecular weight is 368 g/mol. The third-order valence-electron chi connectivity index (χ3n) is 3.29. The lowest BCUT2D eigenvalue weighted by Crippen LogP contribution is -2.26. The van der Waals surface area contributed by atoms with Crippen LogP contribution < -0.4 is 9.44 Å². The van der Waals surface area contributed by atoms with Gasteiger partial charge in [0, 0.05) is 6.54 Å². The highest BCUT2D eigenvalue weighted by molar-refractivity contribution is 7.93. The van der Waals surface area contributed by atoms with E-state index in [0.717, 1.165) is 5.56 Å². The zero-order valence-corrected chi connectivity index (χ0v) is 15.1. The smallest absolute Gasteiger partial charge is 0.261 e. The van der Waals surface area contributed by atoms with Gasteiger partial charge in [0.05, 0.1) is 10.6 Å². The molecule has 0 aliphatic heterocycles. The lowest BCUT2D eigenvalue weighted by atomic mass is 10.2. The molecule has 2 aromatic carbocycles. The van der Waals surface area contributed by atoms with Crippen LogP contribution in [0.15, 0.2) is 58.3 Å². The second-order valence-corrected chi connectivity index (χ2v) is 8.73. The van der Waals surface area contributed by atoms with Crippen molar-refractivity contribution in [1.29, 1.82) is 0 Å². The first-order valence-corrected chi connectivity index (χ1v) is 10.4. The SMILES string of the molecule is CCCNS(=O)(=O)c1ccccc1NS(=O)(=O)c1ccc(C)cc1. The van der Waals surface area contributed by atoms with Crippen LogP contribution in [0.5, 0.6) is 0 Å². The molecule has 6 nitrogen and oxygen atoms in total. The lowest BCUT2D eigenvalue weighted by Gasteiger charge is -2.13. The van der Waals surface area contributed by atoms with E-state index in [1.807, 2.05) is 13.8 Å². The van der Waals surface area contributed by atoms with E-state index in [4.69, 9.17) is 0 Å². The van der Waals surface area contributed by atoms with Crippen molar-refractivity contribution in [2.24, 2.45) is 0 Å². The second-order valence-electron chi connectivity index (χ2n) is 5.31. The van der Waals surface area contributed by atoms with Gasteiger partial charge in [-0.2, -0.15) is 0 Å². The Morgan fingerprint density at radius 2 is 1.50 bits per heavy atom.